The van der Waals surface area contributed by atoms with Crippen LogP contribution in [0.2, 0.25) is 15.1 Å². The van der Waals surface area contributed by atoms with Crippen LogP contribution < -0.4 is 9.62 Å². The quantitative estimate of drug-likeness (QED) is 0.742. The maximum Gasteiger partial charge on any atom is 0.243 e. The molecule has 0 aliphatic heterocycles. The molecule has 1 N–H and O–H groups in total. The highest BCUT2D eigenvalue weighted by Crippen LogP contribution is 2.28. The molecule has 0 aliphatic rings. The zero-order chi connectivity index (χ0) is 19.5. The summed E-state index contributed by atoms with van der Waals surface area (Å²) < 4.78 is 25.5. The average molecular weight is 436 g/mol. The summed E-state index contributed by atoms with van der Waals surface area (Å²) in [5, 5.41) is 3.75. The van der Waals surface area contributed by atoms with Gasteiger partial charge in [0.25, 0.3) is 0 Å². The first-order chi connectivity index (χ1) is 12.1. The first-order valence-corrected chi connectivity index (χ1v) is 10.5. The summed E-state index contributed by atoms with van der Waals surface area (Å²) in [5.41, 5.74) is 0.941. The Bertz CT molecular complexity index is 899. The Labute approximate surface area is 167 Å². The minimum absolute atomic E-state index is 0.177. The fourth-order valence-corrected chi connectivity index (χ4v) is 4.32. The van der Waals surface area contributed by atoms with E-state index in [0.717, 1.165) is 16.1 Å². The molecule has 0 heterocycles. The van der Waals surface area contributed by atoms with Crippen molar-refractivity contribution in [2.24, 2.45) is 0 Å². The molecule has 0 saturated carbocycles. The molecule has 5 nitrogen and oxygen atoms in total. The summed E-state index contributed by atoms with van der Waals surface area (Å²) in [6.07, 6.45) is 1.01. The summed E-state index contributed by atoms with van der Waals surface area (Å²) >= 11 is 18.0. The zero-order valence-electron chi connectivity index (χ0n) is 14.0. The average Bonchev–Trinajstić information content (AvgIpc) is 2.51. The van der Waals surface area contributed by atoms with Crippen LogP contribution in [0, 0.1) is 0 Å². The molecule has 1 unspecified atom stereocenters. The summed E-state index contributed by atoms with van der Waals surface area (Å²) in [7, 11) is -3.76. The second-order valence-corrected chi connectivity index (χ2v) is 8.81. The van der Waals surface area contributed by atoms with Crippen LogP contribution in [0.5, 0.6) is 0 Å². The van der Waals surface area contributed by atoms with E-state index in [2.05, 4.69) is 5.32 Å². The number of amides is 1. The molecule has 26 heavy (non-hydrogen) atoms. The molecule has 0 bridgehead atoms. The number of hydrogen-bond acceptors (Lipinski definition) is 3. The molecule has 0 aliphatic carbocycles. The number of carbonyl (C=O) groups excluding carboxylic acids is 1. The monoisotopic (exact) mass is 434 g/mol. The third-order valence-corrected chi connectivity index (χ3v) is 5.65. The Hall–Kier alpha value is -1.47. The van der Waals surface area contributed by atoms with Crippen LogP contribution in [0.25, 0.3) is 0 Å². The number of benzene rings is 2. The maximum atomic E-state index is 12.5. The highest BCUT2D eigenvalue weighted by Gasteiger charge is 2.29. The fraction of sp³-hybridized carbons (Fsp3) is 0.235. The van der Waals surface area contributed by atoms with Gasteiger partial charge in [-0.05, 0) is 36.8 Å². The van der Waals surface area contributed by atoms with E-state index in [1.54, 1.807) is 24.3 Å². The molecular formula is C17H17Cl3N2O3S. The molecule has 1 atom stereocenters. The molecule has 0 spiro atoms. The third kappa shape index (κ3) is 5.27. The van der Waals surface area contributed by atoms with Crippen LogP contribution >= 0.6 is 34.8 Å². The lowest BCUT2D eigenvalue weighted by molar-refractivity contribution is -0.122. The number of rotatable bonds is 6. The van der Waals surface area contributed by atoms with Gasteiger partial charge in [-0.1, -0.05) is 53.0 Å². The molecule has 0 aromatic heterocycles. The van der Waals surface area contributed by atoms with E-state index in [0.29, 0.717) is 5.02 Å². The van der Waals surface area contributed by atoms with Gasteiger partial charge in [0.1, 0.15) is 6.04 Å². The van der Waals surface area contributed by atoms with Crippen molar-refractivity contribution < 1.29 is 13.2 Å². The summed E-state index contributed by atoms with van der Waals surface area (Å²) in [6.45, 7) is 1.66. The van der Waals surface area contributed by atoms with E-state index in [9.17, 15) is 13.2 Å². The number of sulfonamides is 1. The summed E-state index contributed by atoms with van der Waals surface area (Å²) in [4.78, 5) is 12.5. The van der Waals surface area contributed by atoms with Gasteiger partial charge in [0.2, 0.25) is 15.9 Å². The number of halogens is 3. The fourth-order valence-electron chi connectivity index (χ4n) is 2.45. The Morgan fingerprint density at radius 1 is 1.12 bits per heavy atom. The van der Waals surface area contributed by atoms with Crippen LogP contribution in [-0.4, -0.2) is 26.6 Å². The van der Waals surface area contributed by atoms with E-state index in [-0.39, 0.29) is 22.3 Å². The number of nitrogens with zero attached hydrogens (tertiary/aromatic N) is 1. The van der Waals surface area contributed by atoms with Crippen molar-refractivity contribution >= 4 is 56.4 Å². The first-order valence-electron chi connectivity index (χ1n) is 7.56. The largest absolute Gasteiger partial charge is 0.350 e. The molecule has 140 valence electrons. The lowest BCUT2D eigenvalue weighted by atomic mass is 10.2. The normalized spacial score (nSPS) is 12.5. The summed E-state index contributed by atoms with van der Waals surface area (Å²) in [5.74, 6) is -0.480. The van der Waals surface area contributed by atoms with E-state index in [4.69, 9.17) is 34.8 Å². The van der Waals surface area contributed by atoms with Gasteiger partial charge in [-0.3, -0.25) is 9.10 Å². The van der Waals surface area contributed by atoms with Crippen molar-refractivity contribution in [3.05, 3.63) is 63.1 Å². The van der Waals surface area contributed by atoms with Gasteiger partial charge in [-0.2, -0.15) is 0 Å². The van der Waals surface area contributed by atoms with Crippen molar-refractivity contribution in [2.75, 3.05) is 10.6 Å². The Morgan fingerprint density at radius 3 is 2.23 bits per heavy atom. The van der Waals surface area contributed by atoms with Gasteiger partial charge in [0.05, 0.1) is 11.9 Å². The maximum absolute atomic E-state index is 12.5. The Balaban J connectivity index is 2.25. The Morgan fingerprint density at radius 2 is 1.69 bits per heavy atom. The lowest BCUT2D eigenvalue weighted by Gasteiger charge is -2.28. The molecule has 0 saturated heterocycles. The molecule has 0 radical (unpaired) electrons. The van der Waals surface area contributed by atoms with Gasteiger partial charge in [0.15, 0.2) is 0 Å². The van der Waals surface area contributed by atoms with Crippen molar-refractivity contribution in [3.8, 4) is 0 Å². The summed E-state index contributed by atoms with van der Waals surface area (Å²) in [6, 6.07) is 10.4. The van der Waals surface area contributed by atoms with Crippen molar-refractivity contribution in [2.45, 2.75) is 19.5 Å². The molecule has 1 amide bonds. The van der Waals surface area contributed by atoms with Gasteiger partial charge < -0.3 is 5.32 Å². The van der Waals surface area contributed by atoms with E-state index in [1.807, 2.05) is 0 Å². The number of hydrogen-bond donors (Lipinski definition) is 1. The number of nitrogens with one attached hydrogen (secondary N) is 1. The number of anilines is 1. The molecule has 2 aromatic carbocycles. The highest BCUT2D eigenvalue weighted by atomic mass is 35.5. The minimum Gasteiger partial charge on any atom is -0.350 e. The zero-order valence-corrected chi connectivity index (χ0v) is 17.1. The third-order valence-electron chi connectivity index (χ3n) is 3.60. The molecule has 2 rings (SSSR count). The van der Waals surface area contributed by atoms with E-state index in [1.165, 1.54) is 25.1 Å². The SMILES string of the molecule is CC(C(=O)NCc1ccccc1Cl)N(c1cc(Cl)cc(Cl)c1)S(C)(=O)=O. The van der Waals surface area contributed by atoms with Crippen LogP contribution in [0.3, 0.4) is 0 Å². The van der Waals surface area contributed by atoms with Crippen molar-refractivity contribution in [1.29, 1.82) is 0 Å². The molecular weight excluding hydrogens is 419 g/mol. The lowest BCUT2D eigenvalue weighted by Crippen LogP contribution is -2.47. The molecule has 9 heteroatoms. The minimum atomic E-state index is -3.76. The van der Waals surface area contributed by atoms with Crippen molar-refractivity contribution in [1.82, 2.24) is 5.32 Å². The smallest absolute Gasteiger partial charge is 0.243 e. The second-order valence-electron chi connectivity index (χ2n) is 5.67. The van der Waals surface area contributed by atoms with E-state index >= 15 is 0 Å². The van der Waals surface area contributed by atoms with Crippen LogP contribution in [0.15, 0.2) is 42.5 Å². The first kappa shape index (κ1) is 20.8. The predicted octanol–water partition coefficient (Wildman–Crippen LogP) is 4.12. The van der Waals surface area contributed by atoms with Gasteiger partial charge in [-0.25, -0.2) is 8.42 Å². The molecule has 0 fully saturated rings. The van der Waals surface area contributed by atoms with Crippen molar-refractivity contribution in [3.63, 3.8) is 0 Å². The predicted molar refractivity (Wildman–Crippen MR) is 107 cm³/mol. The number of carbonyl (C=O) groups is 1. The van der Waals surface area contributed by atoms with Crippen LogP contribution in [0.4, 0.5) is 5.69 Å². The second kappa shape index (κ2) is 8.48. The Kier molecular flexibility index (Phi) is 6.80. The van der Waals surface area contributed by atoms with Gasteiger partial charge >= 0.3 is 0 Å². The highest BCUT2D eigenvalue weighted by molar-refractivity contribution is 7.92. The topological polar surface area (TPSA) is 66.5 Å². The van der Waals surface area contributed by atoms with E-state index < -0.39 is 22.0 Å². The van der Waals surface area contributed by atoms with Gasteiger partial charge in [-0.15, -0.1) is 0 Å². The standard InChI is InChI=1S/C17H17Cl3N2O3S/c1-11(17(23)21-10-12-5-3-4-6-16(12)20)22(26(2,24)25)15-8-13(18)7-14(19)9-15/h3-9,11H,10H2,1-2H3,(H,21,23). The van der Waals surface area contributed by atoms with Gasteiger partial charge in [0, 0.05) is 21.6 Å². The molecule has 2 aromatic rings. The van der Waals surface area contributed by atoms with Crippen LogP contribution in [-0.2, 0) is 21.4 Å². The van der Waals surface area contributed by atoms with Crippen LogP contribution in [0.1, 0.15) is 12.5 Å².